The van der Waals surface area contributed by atoms with Crippen molar-refractivity contribution in [3.8, 4) is 0 Å². The summed E-state index contributed by atoms with van der Waals surface area (Å²) in [5.41, 5.74) is 2.42. The number of imidazole rings is 1. The number of halogens is 1. The first-order valence-corrected chi connectivity index (χ1v) is 12.7. The predicted molar refractivity (Wildman–Crippen MR) is 134 cm³/mol. The van der Waals surface area contributed by atoms with Gasteiger partial charge in [-0.1, -0.05) is 76.1 Å². The molecular formula is C28H38FN3O. The van der Waals surface area contributed by atoms with Crippen molar-refractivity contribution in [3.05, 3.63) is 65.7 Å². The van der Waals surface area contributed by atoms with Gasteiger partial charge in [0.25, 0.3) is 5.91 Å². The van der Waals surface area contributed by atoms with Gasteiger partial charge in [0.15, 0.2) is 0 Å². The molecule has 0 unspecified atom stereocenters. The van der Waals surface area contributed by atoms with Crippen LogP contribution in [0.5, 0.6) is 0 Å². The highest BCUT2D eigenvalue weighted by molar-refractivity contribution is 5.94. The molecule has 1 heterocycles. The van der Waals surface area contributed by atoms with Crippen molar-refractivity contribution in [2.45, 2.75) is 84.1 Å². The van der Waals surface area contributed by atoms with Gasteiger partial charge in [0.05, 0.1) is 16.6 Å². The second-order valence-corrected chi connectivity index (χ2v) is 8.84. The molecule has 0 radical (unpaired) electrons. The smallest absolute Gasteiger partial charge is 0.254 e. The maximum atomic E-state index is 13.7. The van der Waals surface area contributed by atoms with Crippen LogP contribution in [0.4, 0.5) is 4.39 Å². The summed E-state index contributed by atoms with van der Waals surface area (Å²) in [6.07, 6.45) is 13.0. The Morgan fingerprint density at radius 1 is 0.879 bits per heavy atom. The second kappa shape index (κ2) is 13.8. The van der Waals surface area contributed by atoms with Crippen molar-refractivity contribution in [1.82, 2.24) is 14.9 Å². The van der Waals surface area contributed by atoms with Gasteiger partial charge in [-0.2, -0.15) is 0 Å². The fourth-order valence-electron chi connectivity index (χ4n) is 4.32. The van der Waals surface area contributed by atoms with Crippen molar-refractivity contribution >= 4 is 16.9 Å². The summed E-state index contributed by atoms with van der Waals surface area (Å²) in [4.78, 5) is 17.0. The summed E-state index contributed by atoms with van der Waals surface area (Å²) in [7, 11) is 0. The topological polar surface area (TPSA) is 46.9 Å². The molecule has 1 N–H and O–H groups in total. The zero-order chi connectivity index (χ0) is 23.3. The van der Waals surface area contributed by atoms with E-state index >= 15 is 0 Å². The number of aromatic nitrogens is 2. The molecule has 4 nitrogen and oxygen atoms in total. The zero-order valence-corrected chi connectivity index (χ0v) is 20.0. The largest absolute Gasteiger partial charge is 0.352 e. The third-order valence-electron chi connectivity index (χ3n) is 6.20. The van der Waals surface area contributed by atoms with Crippen LogP contribution in [-0.2, 0) is 13.0 Å². The van der Waals surface area contributed by atoms with E-state index < -0.39 is 5.82 Å². The standard InChI is InChI=1S/C28H38FN3O/c1-2-3-4-5-6-7-15-22-32-26-19-13-12-18-25(26)31-27(32)20-9-8-14-21-30-28(33)23-16-10-11-17-24(23)29/h10-13,16-19H,2-9,14-15,20-22H2,1H3,(H,30,33). The summed E-state index contributed by atoms with van der Waals surface area (Å²) >= 11 is 0. The number of unbranched alkanes of at least 4 members (excludes halogenated alkanes) is 8. The van der Waals surface area contributed by atoms with E-state index in [9.17, 15) is 9.18 Å². The van der Waals surface area contributed by atoms with Crippen LogP contribution in [0.15, 0.2) is 48.5 Å². The van der Waals surface area contributed by atoms with E-state index in [1.165, 1.54) is 62.6 Å². The molecule has 2 aromatic carbocycles. The number of aryl methyl sites for hydroxylation is 2. The Bertz CT molecular complexity index is 998. The van der Waals surface area contributed by atoms with Gasteiger partial charge in [-0.3, -0.25) is 4.79 Å². The molecule has 33 heavy (non-hydrogen) atoms. The minimum atomic E-state index is -0.477. The Balaban J connectivity index is 1.42. The summed E-state index contributed by atoms with van der Waals surface area (Å²) in [6, 6.07) is 14.5. The molecule has 0 bridgehead atoms. The lowest BCUT2D eigenvalue weighted by Gasteiger charge is -2.10. The van der Waals surface area contributed by atoms with Crippen molar-refractivity contribution in [3.63, 3.8) is 0 Å². The van der Waals surface area contributed by atoms with Crippen LogP contribution in [0.1, 0.15) is 87.3 Å². The van der Waals surface area contributed by atoms with Crippen LogP contribution in [0.2, 0.25) is 0 Å². The number of carbonyl (C=O) groups excluding carboxylic acids is 1. The van der Waals surface area contributed by atoms with E-state index in [1.807, 2.05) is 0 Å². The fraction of sp³-hybridized carbons (Fsp3) is 0.500. The van der Waals surface area contributed by atoms with Gasteiger partial charge < -0.3 is 9.88 Å². The SMILES string of the molecule is CCCCCCCCCn1c(CCCCCNC(=O)c2ccccc2F)nc2ccccc21. The van der Waals surface area contributed by atoms with Gasteiger partial charge >= 0.3 is 0 Å². The number of nitrogens with one attached hydrogen (secondary N) is 1. The van der Waals surface area contributed by atoms with Crippen molar-refractivity contribution in [2.75, 3.05) is 6.54 Å². The molecule has 0 saturated heterocycles. The number of rotatable bonds is 15. The third-order valence-corrected chi connectivity index (χ3v) is 6.20. The van der Waals surface area contributed by atoms with Gasteiger partial charge in [0, 0.05) is 19.5 Å². The van der Waals surface area contributed by atoms with Crippen LogP contribution >= 0.6 is 0 Å². The highest BCUT2D eigenvalue weighted by atomic mass is 19.1. The van der Waals surface area contributed by atoms with E-state index in [0.29, 0.717) is 6.54 Å². The van der Waals surface area contributed by atoms with Crippen molar-refractivity contribution in [1.29, 1.82) is 0 Å². The lowest BCUT2D eigenvalue weighted by Crippen LogP contribution is -2.25. The molecule has 0 atom stereocenters. The highest BCUT2D eigenvalue weighted by Gasteiger charge is 2.11. The van der Waals surface area contributed by atoms with Gasteiger partial charge in [-0.05, 0) is 43.5 Å². The lowest BCUT2D eigenvalue weighted by atomic mass is 10.1. The minimum Gasteiger partial charge on any atom is -0.352 e. The van der Waals surface area contributed by atoms with E-state index in [4.69, 9.17) is 4.98 Å². The molecule has 0 aliphatic rings. The van der Waals surface area contributed by atoms with Gasteiger partial charge in [-0.15, -0.1) is 0 Å². The molecule has 3 rings (SSSR count). The number of hydrogen-bond donors (Lipinski definition) is 1. The molecule has 0 fully saturated rings. The first-order valence-electron chi connectivity index (χ1n) is 12.7. The maximum Gasteiger partial charge on any atom is 0.254 e. The number of para-hydroxylation sites is 2. The van der Waals surface area contributed by atoms with Crippen molar-refractivity contribution < 1.29 is 9.18 Å². The lowest BCUT2D eigenvalue weighted by molar-refractivity contribution is 0.0949. The molecule has 5 heteroatoms. The quantitative estimate of drug-likeness (QED) is 0.251. The first-order chi connectivity index (χ1) is 16.2. The molecule has 0 aliphatic carbocycles. The number of hydrogen-bond acceptors (Lipinski definition) is 2. The van der Waals surface area contributed by atoms with Crippen LogP contribution in [0, 0.1) is 5.82 Å². The van der Waals surface area contributed by atoms with Crippen LogP contribution in [0.25, 0.3) is 11.0 Å². The number of benzene rings is 2. The monoisotopic (exact) mass is 451 g/mol. The Morgan fingerprint density at radius 3 is 2.39 bits per heavy atom. The number of amides is 1. The summed E-state index contributed by atoms with van der Waals surface area (Å²) in [6.45, 7) is 3.84. The minimum absolute atomic E-state index is 0.108. The van der Waals surface area contributed by atoms with E-state index in [2.05, 4.69) is 41.1 Å². The Hall–Kier alpha value is -2.69. The molecule has 0 aliphatic heterocycles. The van der Waals surface area contributed by atoms with Gasteiger partial charge in [-0.25, -0.2) is 9.37 Å². The summed E-state index contributed by atoms with van der Waals surface area (Å²) in [5.74, 6) is 0.344. The molecule has 0 saturated carbocycles. The van der Waals surface area contributed by atoms with Crippen LogP contribution in [-0.4, -0.2) is 22.0 Å². The van der Waals surface area contributed by atoms with Crippen LogP contribution in [0.3, 0.4) is 0 Å². The fourth-order valence-corrected chi connectivity index (χ4v) is 4.32. The number of carbonyl (C=O) groups is 1. The number of nitrogens with zero attached hydrogens (tertiary/aromatic N) is 2. The first kappa shape index (κ1) is 24.9. The molecule has 178 valence electrons. The van der Waals surface area contributed by atoms with E-state index in [1.54, 1.807) is 12.1 Å². The molecule has 1 aromatic heterocycles. The average molecular weight is 452 g/mol. The molecule has 3 aromatic rings. The van der Waals surface area contributed by atoms with Crippen molar-refractivity contribution in [2.24, 2.45) is 0 Å². The zero-order valence-electron chi connectivity index (χ0n) is 20.0. The Morgan fingerprint density at radius 2 is 1.58 bits per heavy atom. The molecule has 1 amide bonds. The van der Waals surface area contributed by atoms with E-state index in [-0.39, 0.29) is 11.5 Å². The maximum absolute atomic E-state index is 13.7. The predicted octanol–water partition coefficient (Wildman–Crippen LogP) is 7.07. The van der Waals surface area contributed by atoms with Gasteiger partial charge in [0.1, 0.15) is 11.6 Å². The summed E-state index contributed by atoms with van der Waals surface area (Å²) < 4.78 is 16.1. The molecule has 0 spiro atoms. The summed E-state index contributed by atoms with van der Waals surface area (Å²) in [5, 5.41) is 2.82. The Kier molecular flexibility index (Phi) is 10.4. The Labute approximate surface area is 197 Å². The van der Waals surface area contributed by atoms with Crippen LogP contribution < -0.4 is 5.32 Å². The van der Waals surface area contributed by atoms with Gasteiger partial charge in [0.2, 0.25) is 0 Å². The third kappa shape index (κ3) is 7.69. The molecular weight excluding hydrogens is 413 g/mol. The average Bonchev–Trinajstić information content (AvgIpc) is 3.18. The van der Waals surface area contributed by atoms with E-state index in [0.717, 1.165) is 43.6 Å². The normalized spacial score (nSPS) is 11.2. The highest BCUT2D eigenvalue weighted by Crippen LogP contribution is 2.19. The second-order valence-electron chi connectivity index (χ2n) is 8.84. The number of fused-ring (bicyclic) bond motifs is 1.